The quantitative estimate of drug-likeness (QED) is 0.232. The zero-order chi connectivity index (χ0) is 13.8. The van der Waals surface area contributed by atoms with E-state index in [0.717, 1.165) is 80.8 Å². The van der Waals surface area contributed by atoms with Crippen LogP contribution >= 0.6 is 23.3 Å². The zero-order valence-corrected chi connectivity index (χ0v) is 18.1. The van der Waals surface area contributed by atoms with Crippen molar-refractivity contribution in [2.75, 3.05) is 0 Å². The van der Waals surface area contributed by atoms with Gasteiger partial charge in [0.25, 0.3) is 0 Å². The summed E-state index contributed by atoms with van der Waals surface area (Å²) in [6.07, 6.45) is 0. The van der Waals surface area contributed by atoms with Crippen LogP contribution in [0.25, 0.3) is 0 Å². The molecule has 0 bridgehead atoms. The summed E-state index contributed by atoms with van der Waals surface area (Å²) in [5.74, 6) is 0. The number of hydrogen-bond donors (Lipinski definition) is 2. The predicted octanol–water partition coefficient (Wildman–Crippen LogP) is -0.863. The molecule has 8 nitrogen and oxygen atoms in total. The van der Waals surface area contributed by atoms with E-state index in [2.05, 4.69) is 34.7 Å². The molecule has 16 heteroatoms. The van der Waals surface area contributed by atoms with Crippen molar-refractivity contribution in [3.63, 3.8) is 0 Å². The van der Waals surface area contributed by atoms with Gasteiger partial charge in [-0.15, -0.1) is 23.3 Å². The van der Waals surface area contributed by atoms with Crippen LogP contribution in [0.3, 0.4) is 0 Å². The molecule has 0 rings (SSSR count). The van der Waals surface area contributed by atoms with Crippen molar-refractivity contribution >= 4 is 44.1 Å². The predicted molar refractivity (Wildman–Crippen MR) is 40.2 cm³/mol. The summed E-state index contributed by atoms with van der Waals surface area (Å²) < 4.78 is 55.1. The maximum atomic E-state index is 9.93. The number of hydrogen-bond acceptors (Lipinski definition) is 10. The number of rotatable bonds is 4. The Hall–Kier alpha value is 3.19. The average Bonchev–Trinajstić information content (AvgIpc) is 2.32. The Balaban J connectivity index is -0.000000183. The van der Waals surface area contributed by atoms with Gasteiger partial charge in [-0.25, -0.2) is 0 Å². The van der Waals surface area contributed by atoms with Crippen molar-refractivity contribution in [1.29, 1.82) is 0 Å². The Kier molecular flexibility index (Phi) is 22.1. The Morgan fingerprint density at radius 3 is 0.750 bits per heavy atom. The molecule has 0 aromatic rings. The standard InChI is InChI=1S/4Mo.2H2O4S.H2S2/c;;;;2*1-5(2,3)4;1-2/h;;;;2*(H2,1,2,3,4);1-2H/q4*+1;;;/p-4. The molecule has 0 amide bonds. The molecule has 0 radical (unpaired) electrons. The van der Waals surface area contributed by atoms with Gasteiger partial charge in [-0.05, 0) is 0 Å². The Morgan fingerprint density at radius 2 is 0.750 bits per heavy atom. The van der Waals surface area contributed by atoms with Gasteiger partial charge in [0, 0.05) is 0 Å². The van der Waals surface area contributed by atoms with E-state index < -0.39 is 20.8 Å². The van der Waals surface area contributed by atoms with Crippen molar-refractivity contribution in [3.05, 3.63) is 0 Å². The fourth-order valence-electron chi connectivity index (χ4n) is 0.0227. The molecule has 16 heavy (non-hydrogen) atoms. The molecule has 0 fully saturated rings. The zero-order valence-electron chi connectivity index (χ0n) is 6.61. The Labute approximate surface area is 151 Å². The first-order valence-corrected chi connectivity index (χ1v) is 9.74. The van der Waals surface area contributed by atoms with Crippen molar-refractivity contribution in [1.82, 2.24) is 0 Å². The molecular weight excluding hydrogens is 640 g/mol. The van der Waals surface area contributed by atoms with Crippen molar-refractivity contribution < 1.29 is 109 Å². The molecule has 0 saturated heterocycles. The maximum absolute atomic E-state index is 9.93. The third-order valence-electron chi connectivity index (χ3n) is 0.333. The van der Waals surface area contributed by atoms with Gasteiger partial charge >= 0.3 is 130 Å². The summed E-state index contributed by atoms with van der Waals surface area (Å²) in [5.41, 5.74) is 0. The largest absolute Gasteiger partial charge is 0.115 e. The van der Waals surface area contributed by atoms with Gasteiger partial charge in [0.05, 0.1) is 0 Å². The summed E-state index contributed by atoms with van der Waals surface area (Å²) >= 11 is 10.3. The van der Waals surface area contributed by atoms with Gasteiger partial charge in [0.15, 0.2) is 0 Å². The Bertz CT molecular complexity index is 264. The second-order valence-electron chi connectivity index (χ2n) is 1.09. The summed E-state index contributed by atoms with van der Waals surface area (Å²) in [5, 5.41) is 0. The van der Waals surface area contributed by atoms with E-state index in [1.54, 1.807) is 0 Å². The van der Waals surface area contributed by atoms with Gasteiger partial charge in [0.1, 0.15) is 0 Å². The molecule has 98 valence electrons. The summed E-state index contributed by atoms with van der Waals surface area (Å²) in [4.78, 5) is 0. The minimum atomic E-state index is -3.65. The second kappa shape index (κ2) is 14.6. The maximum Gasteiger partial charge on any atom is -0.115 e. The van der Waals surface area contributed by atoms with Gasteiger partial charge in [-0.3, -0.25) is 0 Å². The molecule has 0 N–H and O–H groups in total. The molecule has 0 aromatic heterocycles. The van der Waals surface area contributed by atoms with E-state index in [4.69, 9.17) is 0 Å². The smallest absolute Gasteiger partial charge is 0.115 e. The first kappa shape index (κ1) is 24.2. The Morgan fingerprint density at radius 1 is 0.625 bits per heavy atom. The SMILES string of the molecule is O=S(=O)([O][Mo])[O][Mo].O=S(=O)([O][Mo])[O][Mo].SS. The molecule has 0 aliphatic carbocycles. The van der Waals surface area contributed by atoms with E-state index in [1.165, 1.54) is 0 Å². The summed E-state index contributed by atoms with van der Waals surface area (Å²) in [6.45, 7) is 0. The molecule has 0 spiro atoms. The van der Waals surface area contributed by atoms with Crippen LogP contribution in [-0.2, 0) is 113 Å². The third kappa shape index (κ3) is 19.5. The molecule has 0 heterocycles. The molecule has 0 unspecified atom stereocenters. The molecule has 0 aliphatic heterocycles. The average molecular weight is 642 g/mol. The van der Waals surface area contributed by atoms with Crippen LogP contribution in [0.1, 0.15) is 0 Å². The monoisotopic (exact) mass is 649 g/mol. The van der Waals surface area contributed by atoms with Crippen LogP contribution in [0, 0.1) is 0 Å². The first-order valence-electron chi connectivity index (χ1n) is 2.20. The second-order valence-corrected chi connectivity index (χ2v) is 7.28. The van der Waals surface area contributed by atoms with Gasteiger partial charge in [0.2, 0.25) is 0 Å². The van der Waals surface area contributed by atoms with Crippen molar-refractivity contribution in [2.45, 2.75) is 0 Å². The van der Waals surface area contributed by atoms with Crippen LogP contribution in [0.4, 0.5) is 0 Å². The van der Waals surface area contributed by atoms with E-state index in [9.17, 15) is 16.8 Å². The topological polar surface area (TPSA) is 105 Å². The molecule has 0 aromatic carbocycles. The van der Waals surface area contributed by atoms with E-state index in [-0.39, 0.29) is 0 Å². The summed E-state index contributed by atoms with van der Waals surface area (Å²) in [6, 6.07) is 0. The van der Waals surface area contributed by atoms with Crippen molar-refractivity contribution in [2.24, 2.45) is 0 Å². The van der Waals surface area contributed by atoms with Crippen LogP contribution in [0.5, 0.6) is 0 Å². The van der Waals surface area contributed by atoms with E-state index in [1.807, 2.05) is 0 Å². The molecule has 0 saturated carbocycles. The first-order chi connectivity index (χ1) is 7.24. The summed E-state index contributed by atoms with van der Waals surface area (Å²) in [7, 11) is -7.30. The van der Waals surface area contributed by atoms with Crippen molar-refractivity contribution in [3.8, 4) is 0 Å². The van der Waals surface area contributed by atoms with Gasteiger partial charge < -0.3 is 0 Å². The molecule has 0 atom stereocenters. The van der Waals surface area contributed by atoms with Gasteiger partial charge in [-0.1, -0.05) is 0 Å². The minimum absolute atomic E-state index is 0.965. The minimum Gasteiger partial charge on any atom is -0.115 e. The fraction of sp³-hybridized carbons (Fsp3) is 0. The molecule has 0 aliphatic rings. The van der Waals surface area contributed by atoms with Crippen LogP contribution in [0.2, 0.25) is 0 Å². The number of thiol groups is 2. The van der Waals surface area contributed by atoms with E-state index in [0.29, 0.717) is 0 Å². The van der Waals surface area contributed by atoms with Crippen LogP contribution < -0.4 is 0 Å². The van der Waals surface area contributed by atoms with Crippen LogP contribution in [-0.4, -0.2) is 16.8 Å². The molecular formula is H2Mo4O8S4. The fourth-order valence-corrected chi connectivity index (χ4v) is 2.38. The van der Waals surface area contributed by atoms with Gasteiger partial charge in [-0.2, -0.15) is 0 Å². The normalized spacial score (nSPS) is 10.4. The van der Waals surface area contributed by atoms with Crippen LogP contribution in [0.15, 0.2) is 0 Å². The third-order valence-corrected chi connectivity index (χ3v) is 5.92. The van der Waals surface area contributed by atoms with E-state index >= 15 is 0 Å².